The van der Waals surface area contributed by atoms with Gasteiger partial charge in [-0.3, -0.25) is 9.59 Å². The molecule has 24 heavy (non-hydrogen) atoms. The molecular weight excluding hydrogens is 304 g/mol. The molecule has 0 aliphatic carbocycles. The number of esters is 2. The zero-order valence-corrected chi connectivity index (χ0v) is 16.3. The van der Waals surface area contributed by atoms with Crippen molar-refractivity contribution in [2.24, 2.45) is 5.92 Å². The summed E-state index contributed by atoms with van der Waals surface area (Å²) in [7, 11) is 0. The SMILES string of the molecule is CCCCC(CC)COC(=O)CCCC(=O)OC(CCC)CCC. The van der Waals surface area contributed by atoms with Crippen molar-refractivity contribution in [1.29, 1.82) is 0 Å². The molecule has 0 saturated heterocycles. The normalized spacial score (nSPS) is 12.2. The van der Waals surface area contributed by atoms with Crippen LogP contribution in [-0.2, 0) is 19.1 Å². The van der Waals surface area contributed by atoms with E-state index in [1.54, 1.807) is 0 Å². The highest BCUT2D eigenvalue weighted by atomic mass is 16.5. The number of unbranched alkanes of at least 4 members (excludes halogenated alkanes) is 1. The van der Waals surface area contributed by atoms with Gasteiger partial charge in [-0.15, -0.1) is 0 Å². The van der Waals surface area contributed by atoms with E-state index in [1.807, 2.05) is 0 Å². The summed E-state index contributed by atoms with van der Waals surface area (Å²) in [4.78, 5) is 23.6. The molecule has 0 aromatic rings. The van der Waals surface area contributed by atoms with Crippen LogP contribution in [0.15, 0.2) is 0 Å². The van der Waals surface area contributed by atoms with Crippen molar-refractivity contribution >= 4 is 11.9 Å². The quantitative estimate of drug-likeness (QED) is 0.372. The molecular formula is C20H38O4. The summed E-state index contributed by atoms with van der Waals surface area (Å²) in [6.45, 7) is 9.00. The molecule has 1 unspecified atom stereocenters. The minimum absolute atomic E-state index is 0.0309. The zero-order valence-electron chi connectivity index (χ0n) is 16.3. The standard InChI is InChI=1S/C20H38O4/c1-5-9-13-17(8-4)16-23-19(21)14-10-15-20(22)24-18(11-6-2)12-7-3/h17-18H,5-16H2,1-4H3. The van der Waals surface area contributed by atoms with E-state index in [0.29, 0.717) is 31.8 Å². The number of carbonyl (C=O) groups is 2. The molecule has 4 nitrogen and oxygen atoms in total. The molecule has 0 saturated carbocycles. The van der Waals surface area contributed by atoms with Gasteiger partial charge in [0.2, 0.25) is 0 Å². The van der Waals surface area contributed by atoms with Crippen LogP contribution >= 0.6 is 0 Å². The van der Waals surface area contributed by atoms with Gasteiger partial charge < -0.3 is 9.47 Å². The molecule has 0 aliphatic rings. The minimum Gasteiger partial charge on any atom is -0.465 e. The molecule has 0 rings (SSSR count). The Morgan fingerprint density at radius 3 is 1.96 bits per heavy atom. The maximum Gasteiger partial charge on any atom is 0.306 e. The van der Waals surface area contributed by atoms with Gasteiger partial charge >= 0.3 is 11.9 Å². The highest BCUT2D eigenvalue weighted by Gasteiger charge is 2.14. The largest absolute Gasteiger partial charge is 0.465 e. The lowest BCUT2D eigenvalue weighted by Crippen LogP contribution is -2.18. The van der Waals surface area contributed by atoms with Crippen molar-refractivity contribution in [1.82, 2.24) is 0 Å². The Bertz CT molecular complexity index is 322. The summed E-state index contributed by atoms with van der Waals surface area (Å²) in [5.41, 5.74) is 0. The zero-order chi connectivity index (χ0) is 18.2. The third-order valence-corrected chi connectivity index (χ3v) is 4.30. The Morgan fingerprint density at radius 1 is 0.792 bits per heavy atom. The van der Waals surface area contributed by atoms with E-state index in [4.69, 9.17) is 9.47 Å². The van der Waals surface area contributed by atoms with Gasteiger partial charge in [-0.25, -0.2) is 0 Å². The third kappa shape index (κ3) is 12.4. The predicted molar refractivity (Wildman–Crippen MR) is 97.8 cm³/mol. The minimum atomic E-state index is -0.198. The summed E-state index contributed by atoms with van der Waals surface area (Å²) in [5, 5.41) is 0. The van der Waals surface area contributed by atoms with E-state index in [-0.39, 0.29) is 18.0 Å². The summed E-state index contributed by atoms with van der Waals surface area (Å²) in [6.07, 6.45) is 9.49. The topological polar surface area (TPSA) is 52.6 Å². The lowest BCUT2D eigenvalue weighted by molar-refractivity contribution is -0.150. The molecule has 0 spiro atoms. The Balaban J connectivity index is 3.87. The molecule has 0 radical (unpaired) electrons. The molecule has 0 N–H and O–H groups in total. The second-order valence-corrected chi connectivity index (χ2v) is 6.64. The molecule has 0 amide bonds. The average molecular weight is 343 g/mol. The highest BCUT2D eigenvalue weighted by molar-refractivity contribution is 5.72. The summed E-state index contributed by atoms with van der Waals surface area (Å²) in [5.74, 6) is 0.0724. The fourth-order valence-electron chi connectivity index (χ4n) is 2.71. The van der Waals surface area contributed by atoms with E-state index < -0.39 is 0 Å². The number of rotatable bonds is 15. The monoisotopic (exact) mass is 342 g/mol. The molecule has 0 aromatic carbocycles. The first-order valence-electron chi connectivity index (χ1n) is 9.92. The van der Waals surface area contributed by atoms with Gasteiger partial charge in [-0.2, -0.15) is 0 Å². The van der Waals surface area contributed by atoms with Crippen LogP contribution in [0.25, 0.3) is 0 Å². The van der Waals surface area contributed by atoms with Crippen molar-refractivity contribution in [3.63, 3.8) is 0 Å². The maximum absolute atomic E-state index is 11.8. The van der Waals surface area contributed by atoms with E-state index >= 15 is 0 Å². The fourth-order valence-corrected chi connectivity index (χ4v) is 2.71. The molecule has 0 heterocycles. The maximum atomic E-state index is 11.8. The van der Waals surface area contributed by atoms with Gasteiger partial charge in [-0.1, -0.05) is 59.8 Å². The number of carbonyl (C=O) groups excluding carboxylic acids is 2. The lowest BCUT2D eigenvalue weighted by atomic mass is 10.0. The van der Waals surface area contributed by atoms with Crippen molar-refractivity contribution in [3.05, 3.63) is 0 Å². The highest BCUT2D eigenvalue weighted by Crippen LogP contribution is 2.14. The van der Waals surface area contributed by atoms with Gasteiger partial charge in [0.1, 0.15) is 6.10 Å². The molecule has 4 heteroatoms. The average Bonchev–Trinajstić information content (AvgIpc) is 2.55. The Kier molecular flexibility index (Phi) is 14.8. The molecule has 142 valence electrons. The van der Waals surface area contributed by atoms with Crippen LogP contribution in [0.5, 0.6) is 0 Å². The van der Waals surface area contributed by atoms with Gasteiger partial charge in [0.05, 0.1) is 6.61 Å². The van der Waals surface area contributed by atoms with E-state index in [2.05, 4.69) is 27.7 Å². The van der Waals surface area contributed by atoms with E-state index in [9.17, 15) is 9.59 Å². The van der Waals surface area contributed by atoms with Crippen LogP contribution in [-0.4, -0.2) is 24.6 Å². The second-order valence-electron chi connectivity index (χ2n) is 6.64. The molecule has 1 atom stereocenters. The van der Waals surface area contributed by atoms with Crippen molar-refractivity contribution in [2.75, 3.05) is 6.61 Å². The predicted octanol–water partition coefficient (Wildman–Crippen LogP) is 5.43. The van der Waals surface area contributed by atoms with Crippen LogP contribution in [0.3, 0.4) is 0 Å². The van der Waals surface area contributed by atoms with Crippen LogP contribution < -0.4 is 0 Å². The Morgan fingerprint density at radius 2 is 1.42 bits per heavy atom. The van der Waals surface area contributed by atoms with Crippen molar-refractivity contribution in [3.8, 4) is 0 Å². The van der Waals surface area contributed by atoms with Gasteiger partial charge in [0, 0.05) is 12.8 Å². The van der Waals surface area contributed by atoms with Crippen LogP contribution in [0, 0.1) is 5.92 Å². The third-order valence-electron chi connectivity index (χ3n) is 4.30. The smallest absolute Gasteiger partial charge is 0.306 e. The summed E-state index contributed by atoms with van der Waals surface area (Å²) in [6, 6.07) is 0. The Hall–Kier alpha value is -1.06. The van der Waals surface area contributed by atoms with Crippen LogP contribution in [0.4, 0.5) is 0 Å². The number of ether oxygens (including phenoxy) is 2. The van der Waals surface area contributed by atoms with Gasteiger partial charge in [0.15, 0.2) is 0 Å². The van der Waals surface area contributed by atoms with Gasteiger partial charge in [0.25, 0.3) is 0 Å². The molecule has 0 aromatic heterocycles. The summed E-state index contributed by atoms with van der Waals surface area (Å²) < 4.78 is 10.8. The number of hydrogen-bond acceptors (Lipinski definition) is 4. The molecule has 0 aliphatic heterocycles. The first-order valence-corrected chi connectivity index (χ1v) is 9.92. The van der Waals surface area contributed by atoms with E-state index in [0.717, 1.165) is 38.5 Å². The lowest BCUT2D eigenvalue weighted by Gasteiger charge is -2.16. The number of hydrogen-bond donors (Lipinski definition) is 0. The molecule has 0 bridgehead atoms. The van der Waals surface area contributed by atoms with E-state index in [1.165, 1.54) is 12.8 Å². The van der Waals surface area contributed by atoms with Crippen molar-refractivity contribution in [2.45, 2.75) is 104 Å². The Labute approximate surface area is 148 Å². The van der Waals surface area contributed by atoms with Crippen LogP contribution in [0.2, 0.25) is 0 Å². The first-order chi connectivity index (χ1) is 11.6. The first kappa shape index (κ1) is 22.9. The second kappa shape index (κ2) is 15.5. The van der Waals surface area contributed by atoms with Crippen LogP contribution in [0.1, 0.15) is 98.3 Å². The van der Waals surface area contributed by atoms with Gasteiger partial charge in [-0.05, 0) is 31.6 Å². The fraction of sp³-hybridized carbons (Fsp3) is 0.900. The molecule has 0 fully saturated rings. The van der Waals surface area contributed by atoms with Crippen molar-refractivity contribution < 1.29 is 19.1 Å². The summed E-state index contributed by atoms with van der Waals surface area (Å²) >= 11 is 0.